The van der Waals surface area contributed by atoms with Gasteiger partial charge in [0.15, 0.2) is 6.39 Å². The fourth-order valence-corrected chi connectivity index (χ4v) is 2.64. The van der Waals surface area contributed by atoms with E-state index in [1.165, 1.54) is 32.1 Å². The molecular weight excluding hydrogens is 212 g/mol. The predicted octanol–water partition coefficient (Wildman–Crippen LogP) is 3.30. The highest BCUT2D eigenvalue weighted by atomic mass is 16.3. The molecule has 1 aliphatic carbocycles. The molecule has 96 valence electrons. The van der Waals surface area contributed by atoms with E-state index in [4.69, 9.17) is 4.42 Å². The molecule has 1 N–H and O–H groups in total. The van der Waals surface area contributed by atoms with Crippen LogP contribution in [0.3, 0.4) is 0 Å². The van der Waals surface area contributed by atoms with Crippen molar-refractivity contribution in [3.05, 3.63) is 17.8 Å². The average Bonchev–Trinajstić information content (AvgIpc) is 2.79. The van der Waals surface area contributed by atoms with Crippen LogP contribution in [0.25, 0.3) is 0 Å². The van der Waals surface area contributed by atoms with E-state index in [2.05, 4.69) is 17.2 Å². The first-order valence-corrected chi connectivity index (χ1v) is 7.02. The average molecular weight is 236 g/mol. The van der Waals surface area contributed by atoms with Crippen molar-refractivity contribution in [2.75, 3.05) is 6.54 Å². The van der Waals surface area contributed by atoms with Crippen LogP contribution < -0.4 is 5.32 Å². The van der Waals surface area contributed by atoms with Crippen LogP contribution in [-0.2, 0) is 13.0 Å². The van der Waals surface area contributed by atoms with Crippen molar-refractivity contribution in [3.8, 4) is 0 Å². The van der Waals surface area contributed by atoms with Crippen LogP contribution in [0, 0.1) is 5.92 Å². The molecule has 1 fully saturated rings. The number of oxazole rings is 1. The lowest BCUT2D eigenvalue weighted by molar-refractivity contribution is 0.332. The van der Waals surface area contributed by atoms with Gasteiger partial charge in [-0.05, 0) is 18.9 Å². The minimum atomic E-state index is 0.821. The summed E-state index contributed by atoms with van der Waals surface area (Å²) in [4.78, 5) is 4.32. The van der Waals surface area contributed by atoms with E-state index in [9.17, 15) is 0 Å². The van der Waals surface area contributed by atoms with Crippen LogP contribution in [-0.4, -0.2) is 11.5 Å². The smallest absolute Gasteiger partial charge is 0.181 e. The zero-order valence-electron chi connectivity index (χ0n) is 10.9. The van der Waals surface area contributed by atoms with Gasteiger partial charge >= 0.3 is 0 Å². The van der Waals surface area contributed by atoms with Gasteiger partial charge in [-0.25, -0.2) is 4.98 Å². The third-order valence-corrected chi connectivity index (χ3v) is 3.64. The Kier molecular flexibility index (Phi) is 5.05. The van der Waals surface area contributed by atoms with Gasteiger partial charge in [0, 0.05) is 13.0 Å². The summed E-state index contributed by atoms with van der Waals surface area (Å²) in [5.41, 5.74) is 1.11. The Bertz CT molecular complexity index is 316. The quantitative estimate of drug-likeness (QED) is 0.770. The molecule has 0 atom stereocenters. The van der Waals surface area contributed by atoms with Gasteiger partial charge < -0.3 is 9.73 Å². The third kappa shape index (κ3) is 3.84. The molecule has 0 radical (unpaired) electrons. The highest BCUT2D eigenvalue weighted by Crippen LogP contribution is 2.27. The van der Waals surface area contributed by atoms with E-state index in [-0.39, 0.29) is 0 Å². The second kappa shape index (κ2) is 6.80. The van der Waals surface area contributed by atoms with Gasteiger partial charge in [-0.15, -0.1) is 0 Å². The second-order valence-electron chi connectivity index (χ2n) is 5.11. The molecule has 17 heavy (non-hydrogen) atoms. The molecule has 1 aliphatic rings. The molecule has 1 saturated carbocycles. The van der Waals surface area contributed by atoms with Gasteiger partial charge in [-0.1, -0.05) is 39.0 Å². The minimum Gasteiger partial charge on any atom is -0.448 e. The van der Waals surface area contributed by atoms with Crippen molar-refractivity contribution in [3.63, 3.8) is 0 Å². The van der Waals surface area contributed by atoms with Gasteiger partial charge in [0.25, 0.3) is 0 Å². The monoisotopic (exact) mass is 236 g/mol. The van der Waals surface area contributed by atoms with E-state index < -0.39 is 0 Å². The molecule has 0 unspecified atom stereocenters. The molecule has 0 amide bonds. The molecule has 1 heterocycles. The fourth-order valence-electron chi connectivity index (χ4n) is 2.64. The first-order chi connectivity index (χ1) is 8.40. The maximum Gasteiger partial charge on any atom is 0.181 e. The van der Waals surface area contributed by atoms with Crippen LogP contribution in [0.15, 0.2) is 10.8 Å². The molecule has 0 bridgehead atoms. The fraction of sp³-hybridized carbons (Fsp3) is 0.786. The molecule has 0 aliphatic heterocycles. The zero-order valence-corrected chi connectivity index (χ0v) is 10.9. The standard InChI is InChI=1S/C14H24N2O/c1-2-8-15-10-13-14(17-11-16-13)9-12-6-4-3-5-7-12/h11-12,15H,2-10H2,1H3. The van der Waals surface area contributed by atoms with Crippen molar-refractivity contribution in [2.24, 2.45) is 5.92 Å². The second-order valence-corrected chi connectivity index (χ2v) is 5.11. The molecule has 0 aromatic carbocycles. The number of nitrogens with one attached hydrogen (secondary N) is 1. The van der Waals surface area contributed by atoms with Crippen molar-refractivity contribution in [2.45, 2.75) is 58.4 Å². The van der Waals surface area contributed by atoms with Crippen molar-refractivity contribution in [1.29, 1.82) is 0 Å². The maximum absolute atomic E-state index is 5.55. The third-order valence-electron chi connectivity index (χ3n) is 3.64. The first-order valence-electron chi connectivity index (χ1n) is 7.02. The lowest BCUT2D eigenvalue weighted by atomic mass is 9.86. The van der Waals surface area contributed by atoms with E-state index >= 15 is 0 Å². The number of hydrogen-bond acceptors (Lipinski definition) is 3. The molecule has 3 nitrogen and oxygen atoms in total. The number of aromatic nitrogens is 1. The van der Waals surface area contributed by atoms with Gasteiger partial charge in [-0.3, -0.25) is 0 Å². The van der Waals surface area contributed by atoms with Crippen molar-refractivity contribution >= 4 is 0 Å². The summed E-state index contributed by atoms with van der Waals surface area (Å²) < 4.78 is 5.55. The largest absolute Gasteiger partial charge is 0.448 e. The SMILES string of the molecule is CCCNCc1ncoc1CC1CCCCC1. The minimum absolute atomic E-state index is 0.821. The Balaban J connectivity index is 1.84. The summed E-state index contributed by atoms with van der Waals surface area (Å²) in [6, 6.07) is 0. The molecule has 2 rings (SSSR count). The number of hydrogen-bond donors (Lipinski definition) is 1. The van der Waals surface area contributed by atoms with E-state index in [0.717, 1.165) is 43.3 Å². The first kappa shape index (κ1) is 12.6. The van der Waals surface area contributed by atoms with Crippen LogP contribution in [0.5, 0.6) is 0 Å². The maximum atomic E-state index is 5.55. The Hall–Kier alpha value is -0.830. The lowest BCUT2D eigenvalue weighted by Crippen LogP contribution is -2.16. The lowest BCUT2D eigenvalue weighted by Gasteiger charge is -2.20. The number of nitrogens with zero attached hydrogens (tertiary/aromatic N) is 1. The van der Waals surface area contributed by atoms with E-state index in [1.54, 1.807) is 6.39 Å². The summed E-state index contributed by atoms with van der Waals surface area (Å²) in [7, 11) is 0. The highest BCUT2D eigenvalue weighted by molar-refractivity contribution is 5.08. The summed E-state index contributed by atoms with van der Waals surface area (Å²) in [5, 5.41) is 3.39. The summed E-state index contributed by atoms with van der Waals surface area (Å²) in [6.45, 7) is 4.08. The van der Waals surface area contributed by atoms with Gasteiger partial charge in [0.1, 0.15) is 5.76 Å². The van der Waals surface area contributed by atoms with Gasteiger partial charge in [0.05, 0.1) is 5.69 Å². The van der Waals surface area contributed by atoms with Crippen LogP contribution in [0.1, 0.15) is 56.9 Å². The van der Waals surface area contributed by atoms with E-state index in [1.807, 2.05) is 0 Å². The Morgan fingerprint density at radius 1 is 1.35 bits per heavy atom. The molecule has 0 saturated heterocycles. The molecule has 3 heteroatoms. The zero-order chi connectivity index (χ0) is 11.9. The van der Waals surface area contributed by atoms with Gasteiger partial charge in [-0.2, -0.15) is 0 Å². The Labute approximate surface area is 104 Å². The van der Waals surface area contributed by atoms with Crippen LogP contribution >= 0.6 is 0 Å². The molecule has 1 aromatic heterocycles. The molecule has 1 aromatic rings. The highest BCUT2D eigenvalue weighted by Gasteiger charge is 2.17. The normalized spacial score (nSPS) is 17.5. The summed E-state index contributed by atoms with van der Waals surface area (Å²) in [5.74, 6) is 1.93. The number of rotatable bonds is 6. The summed E-state index contributed by atoms with van der Waals surface area (Å²) >= 11 is 0. The predicted molar refractivity (Wildman–Crippen MR) is 68.8 cm³/mol. The van der Waals surface area contributed by atoms with Crippen LogP contribution in [0.4, 0.5) is 0 Å². The molecule has 0 spiro atoms. The Morgan fingerprint density at radius 2 is 2.18 bits per heavy atom. The van der Waals surface area contributed by atoms with Gasteiger partial charge in [0.2, 0.25) is 0 Å². The van der Waals surface area contributed by atoms with Crippen molar-refractivity contribution < 1.29 is 4.42 Å². The Morgan fingerprint density at radius 3 is 2.94 bits per heavy atom. The topological polar surface area (TPSA) is 38.1 Å². The summed E-state index contributed by atoms with van der Waals surface area (Å²) in [6.07, 6.45) is 10.8. The van der Waals surface area contributed by atoms with E-state index in [0.29, 0.717) is 0 Å². The van der Waals surface area contributed by atoms with Crippen molar-refractivity contribution in [1.82, 2.24) is 10.3 Å². The molecular formula is C14H24N2O. The van der Waals surface area contributed by atoms with Crippen LogP contribution in [0.2, 0.25) is 0 Å².